The van der Waals surface area contributed by atoms with E-state index in [1.165, 1.54) is 0 Å². The second-order valence-electron chi connectivity index (χ2n) is 9.37. The second-order valence-corrected chi connectivity index (χ2v) is 10.6. The highest BCUT2D eigenvalue weighted by atomic mass is 79.9. The van der Waals surface area contributed by atoms with Crippen LogP contribution in [0.15, 0.2) is 46.9 Å². The molecule has 1 fully saturated rings. The van der Waals surface area contributed by atoms with Crippen LogP contribution >= 0.6 is 27.5 Å². The third-order valence-corrected chi connectivity index (χ3v) is 8.34. The fourth-order valence-electron chi connectivity index (χ4n) is 4.85. The number of halogens is 2. The summed E-state index contributed by atoms with van der Waals surface area (Å²) < 4.78 is 20.0. The predicted molar refractivity (Wildman–Crippen MR) is 148 cm³/mol. The van der Waals surface area contributed by atoms with Crippen molar-refractivity contribution in [3.8, 4) is 5.75 Å². The lowest BCUT2D eigenvalue weighted by Crippen LogP contribution is -2.40. The summed E-state index contributed by atoms with van der Waals surface area (Å²) in [7, 11) is 1.65. The van der Waals surface area contributed by atoms with E-state index in [9.17, 15) is 4.79 Å². The molecule has 2 aliphatic rings. The maximum Gasteiger partial charge on any atom is 0.273 e. The molecule has 0 atom stereocenters. The summed E-state index contributed by atoms with van der Waals surface area (Å²) in [4.78, 5) is 15.8. The number of amides is 1. The summed E-state index contributed by atoms with van der Waals surface area (Å²) in [6, 6.07) is 13.6. The molecule has 3 heterocycles. The minimum atomic E-state index is -0.0257. The Balaban J connectivity index is 1.47. The van der Waals surface area contributed by atoms with Crippen LogP contribution in [0, 0.1) is 6.92 Å². The number of hydrogen-bond donors (Lipinski definition) is 1. The third kappa shape index (κ3) is 5.53. The zero-order valence-corrected chi connectivity index (χ0v) is 23.4. The number of aromatic nitrogens is 1. The van der Waals surface area contributed by atoms with Crippen LogP contribution in [0.5, 0.6) is 5.75 Å². The fraction of sp³-hybridized carbons (Fsp3) is 0.393. The van der Waals surface area contributed by atoms with E-state index in [2.05, 4.69) is 25.8 Å². The van der Waals surface area contributed by atoms with Gasteiger partial charge in [-0.05, 0) is 71.1 Å². The quantitative estimate of drug-likeness (QED) is 0.334. The van der Waals surface area contributed by atoms with Crippen LogP contribution in [0.1, 0.15) is 40.2 Å². The van der Waals surface area contributed by atoms with Gasteiger partial charge in [-0.1, -0.05) is 29.8 Å². The van der Waals surface area contributed by atoms with E-state index in [0.29, 0.717) is 37.0 Å². The zero-order valence-electron chi connectivity index (χ0n) is 21.1. The van der Waals surface area contributed by atoms with Crippen LogP contribution in [0.4, 0.5) is 11.4 Å². The Morgan fingerprint density at radius 3 is 2.62 bits per heavy atom. The molecule has 1 aromatic heterocycles. The molecule has 0 spiro atoms. The van der Waals surface area contributed by atoms with Crippen molar-refractivity contribution in [2.75, 3.05) is 32.2 Å². The minimum Gasteiger partial charge on any atom is -0.497 e. The first-order valence-corrected chi connectivity index (χ1v) is 13.7. The molecule has 0 aliphatic carbocycles. The van der Waals surface area contributed by atoms with Crippen molar-refractivity contribution in [3.63, 3.8) is 0 Å². The molecule has 1 saturated heterocycles. The summed E-state index contributed by atoms with van der Waals surface area (Å²) in [6.45, 7) is 5.64. The van der Waals surface area contributed by atoms with Gasteiger partial charge in [-0.3, -0.25) is 4.79 Å². The first-order chi connectivity index (χ1) is 18.0. The smallest absolute Gasteiger partial charge is 0.273 e. The highest BCUT2D eigenvalue weighted by Gasteiger charge is 2.33. The summed E-state index contributed by atoms with van der Waals surface area (Å²) >= 11 is 10.2. The highest BCUT2D eigenvalue weighted by molar-refractivity contribution is 9.10. The molecule has 0 radical (unpaired) electrons. The Bertz CT molecular complexity index is 1270. The molecular weight excluding hydrogens is 558 g/mol. The van der Waals surface area contributed by atoms with Gasteiger partial charge in [-0.25, -0.2) is 0 Å². The molecule has 0 saturated carbocycles. The molecule has 196 valence electrons. The first-order valence-electron chi connectivity index (χ1n) is 12.5. The van der Waals surface area contributed by atoms with Crippen molar-refractivity contribution in [1.82, 2.24) is 9.47 Å². The Kier molecular flexibility index (Phi) is 8.09. The number of hydrogen-bond acceptors (Lipinski definition) is 5. The maximum absolute atomic E-state index is 13.9. The second kappa shape index (κ2) is 11.5. The van der Waals surface area contributed by atoms with Crippen LogP contribution in [-0.4, -0.2) is 48.3 Å². The standard InChI is InChI=1S/C28H31BrClN3O4/c1-18-22(30)4-3-5-23(18)31-26-25(29)24(17-37-21-10-14-36-15-11-21)33-13-12-32(28(34)27(26)33)16-19-6-8-20(35-2)9-7-19/h3-9,21,31H,10-17H2,1-2H3. The van der Waals surface area contributed by atoms with Crippen molar-refractivity contribution < 1.29 is 19.0 Å². The molecule has 2 aromatic carbocycles. The van der Waals surface area contributed by atoms with Crippen molar-refractivity contribution in [2.45, 2.75) is 45.6 Å². The summed E-state index contributed by atoms with van der Waals surface area (Å²) in [5.74, 6) is 0.770. The topological polar surface area (TPSA) is 65.0 Å². The number of nitrogens with one attached hydrogen (secondary N) is 1. The average Bonchev–Trinajstić information content (AvgIpc) is 3.19. The van der Waals surface area contributed by atoms with E-state index in [-0.39, 0.29) is 12.0 Å². The number of carbonyl (C=O) groups excluding carboxylic acids is 1. The van der Waals surface area contributed by atoms with Crippen LogP contribution in [0.3, 0.4) is 0 Å². The van der Waals surface area contributed by atoms with E-state index in [1.807, 2.05) is 54.3 Å². The van der Waals surface area contributed by atoms with Crippen LogP contribution in [0.25, 0.3) is 0 Å². The fourth-order valence-corrected chi connectivity index (χ4v) is 5.64. The van der Waals surface area contributed by atoms with Crippen molar-refractivity contribution in [1.29, 1.82) is 0 Å². The van der Waals surface area contributed by atoms with E-state index in [1.54, 1.807) is 7.11 Å². The lowest BCUT2D eigenvalue weighted by Gasteiger charge is -2.30. The molecule has 0 unspecified atom stereocenters. The van der Waals surface area contributed by atoms with Gasteiger partial charge in [-0.15, -0.1) is 0 Å². The summed E-state index contributed by atoms with van der Waals surface area (Å²) in [5.41, 5.74) is 5.16. The van der Waals surface area contributed by atoms with Crippen molar-refractivity contribution >= 4 is 44.8 Å². The number of fused-ring (bicyclic) bond motifs is 1. The van der Waals surface area contributed by atoms with Gasteiger partial charge in [0, 0.05) is 43.6 Å². The summed E-state index contributed by atoms with van der Waals surface area (Å²) in [5, 5.41) is 4.18. The third-order valence-electron chi connectivity index (χ3n) is 7.07. The first kappa shape index (κ1) is 26.1. The Hall–Kier alpha value is -2.52. The lowest BCUT2D eigenvalue weighted by atomic mass is 10.1. The van der Waals surface area contributed by atoms with Crippen LogP contribution in [-0.2, 0) is 29.2 Å². The van der Waals surface area contributed by atoms with Crippen molar-refractivity contribution in [2.24, 2.45) is 0 Å². The molecule has 1 amide bonds. The van der Waals surface area contributed by atoms with Crippen LogP contribution in [0.2, 0.25) is 5.02 Å². The van der Waals surface area contributed by atoms with Gasteiger partial charge in [0.1, 0.15) is 11.4 Å². The number of ether oxygens (including phenoxy) is 3. The molecule has 37 heavy (non-hydrogen) atoms. The monoisotopic (exact) mass is 587 g/mol. The van der Waals surface area contributed by atoms with Gasteiger partial charge in [0.15, 0.2) is 0 Å². The number of carbonyl (C=O) groups is 1. The Labute approximate surface area is 230 Å². The van der Waals surface area contributed by atoms with Gasteiger partial charge >= 0.3 is 0 Å². The highest BCUT2D eigenvalue weighted by Crippen LogP contribution is 2.40. The van der Waals surface area contributed by atoms with E-state index in [0.717, 1.165) is 64.5 Å². The Morgan fingerprint density at radius 2 is 1.89 bits per heavy atom. The van der Waals surface area contributed by atoms with Crippen LogP contribution < -0.4 is 10.1 Å². The number of methoxy groups -OCH3 is 1. The molecule has 2 aliphatic heterocycles. The molecular formula is C28H31BrClN3O4. The Morgan fingerprint density at radius 1 is 1.14 bits per heavy atom. The zero-order chi connectivity index (χ0) is 25.9. The largest absolute Gasteiger partial charge is 0.497 e. The predicted octanol–water partition coefficient (Wildman–Crippen LogP) is 6.32. The average molecular weight is 589 g/mol. The molecule has 5 rings (SSSR count). The van der Waals surface area contributed by atoms with Gasteiger partial charge in [0.25, 0.3) is 5.91 Å². The summed E-state index contributed by atoms with van der Waals surface area (Å²) in [6.07, 6.45) is 1.92. The number of anilines is 2. The van der Waals surface area contributed by atoms with E-state index in [4.69, 9.17) is 25.8 Å². The SMILES string of the molecule is COc1ccc(CN2CCn3c(COC4CCOCC4)c(Br)c(Nc4cccc(Cl)c4C)c3C2=O)cc1. The van der Waals surface area contributed by atoms with Gasteiger partial charge in [-0.2, -0.15) is 0 Å². The number of rotatable bonds is 8. The van der Waals surface area contributed by atoms with E-state index >= 15 is 0 Å². The van der Waals surface area contributed by atoms with Gasteiger partial charge in [0.2, 0.25) is 0 Å². The molecule has 9 heteroatoms. The minimum absolute atomic E-state index is 0.0257. The number of benzene rings is 2. The molecule has 3 aromatic rings. The van der Waals surface area contributed by atoms with Gasteiger partial charge < -0.3 is 29.0 Å². The van der Waals surface area contributed by atoms with Gasteiger partial charge in [0.05, 0.1) is 35.7 Å². The number of nitrogens with zero attached hydrogens (tertiary/aromatic N) is 2. The van der Waals surface area contributed by atoms with Crippen molar-refractivity contribution in [3.05, 3.63) is 74.5 Å². The normalized spacial score (nSPS) is 16.1. The maximum atomic E-state index is 13.9. The molecule has 1 N–H and O–H groups in total. The van der Waals surface area contributed by atoms with E-state index < -0.39 is 0 Å². The lowest BCUT2D eigenvalue weighted by molar-refractivity contribution is -0.0409. The molecule has 7 nitrogen and oxygen atoms in total. The molecule has 0 bridgehead atoms.